The van der Waals surface area contributed by atoms with E-state index in [1.807, 2.05) is 0 Å². The predicted molar refractivity (Wildman–Crippen MR) is 120 cm³/mol. The number of hydrogen-bond donors (Lipinski definition) is 3. The van der Waals surface area contributed by atoms with Crippen LogP contribution in [-0.4, -0.2) is 23.9 Å². The van der Waals surface area contributed by atoms with Gasteiger partial charge in [0.05, 0.1) is 33.6 Å². The summed E-state index contributed by atoms with van der Waals surface area (Å²) >= 11 is 0. The van der Waals surface area contributed by atoms with Crippen LogP contribution in [0.15, 0.2) is 65.6 Å². The van der Waals surface area contributed by atoms with Crippen LogP contribution in [0.2, 0.25) is 0 Å². The fraction of sp³-hybridized carbons (Fsp3) is 0.0909. The molecule has 0 aliphatic heterocycles. The first kappa shape index (κ1) is 24.2. The average Bonchev–Trinajstić information content (AvgIpc) is 3.08. The third-order valence-electron chi connectivity index (χ3n) is 5.19. The van der Waals surface area contributed by atoms with Crippen molar-refractivity contribution in [2.75, 3.05) is 5.32 Å². The number of nitrogens with two attached hydrogens (primary N) is 2. The maximum Gasteiger partial charge on any atom is 0.416 e. The molecule has 0 spiro atoms. The highest BCUT2D eigenvalue weighted by Crippen LogP contribution is 2.34. The number of amides is 1. The van der Waals surface area contributed by atoms with Gasteiger partial charge in [-0.25, -0.2) is 22.9 Å². The van der Waals surface area contributed by atoms with Crippen LogP contribution in [0, 0.1) is 5.82 Å². The van der Waals surface area contributed by atoms with Crippen molar-refractivity contribution < 1.29 is 30.8 Å². The summed E-state index contributed by atoms with van der Waals surface area (Å²) in [6.45, 7) is -0.348. The summed E-state index contributed by atoms with van der Waals surface area (Å²) in [5.41, 5.74) is 4.33. The lowest BCUT2D eigenvalue weighted by Gasteiger charge is -2.16. The third kappa shape index (κ3) is 4.95. The minimum atomic E-state index is -4.63. The molecule has 4 aromatic rings. The Labute approximate surface area is 196 Å². The van der Waals surface area contributed by atoms with Crippen molar-refractivity contribution >= 4 is 38.6 Å². The Morgan fingerprint density at radius 2 is 1.71 bits per heavy atom. The van der Waals surface area contributed by atoms with E-state index in [1.165, 1.54) is 47.0 Å². The zero-order valence-electron chi connectivity index (χ0n) is 17.7. The van der Waals surface area contributed by atoms with E-state index in [0.29, 0.717) is 5.69 Å². The Morgan fingerprint density at radius 3 is 2.31 bits per heavy atom. The number of fused-ring (bicyclic) bond motifs is 1. The molecule has 5 N–H and O–H groups in total. The number of nitrogens with one attached hydrogen (secondary N) is 1. The highest BCUT2D eigenvalue weighted by Gasteiger charge is 2.33. The van der Waals surface area contributed by atoms with Gasteiger partial charge in [0.15, 0.2) is 0 Å². The molecule has 0 fully saturated rings. The van der Waals surface area contributed by atoms with Crippen LogP contribution in [0.3, 0.4) is 0 Å². The molecule has 0 aliphatic rings. The maximum atomic E-state index is 14.5. The molecule has 1 amide bonds. The molecule has 0 unspecified atom stereocenters. The second kappa shape index (κ2) is 8.67. The average molecular weight is 507 g/mol. The van der Waals surface area contributed by atoms with Crippen LogP contribution >= 0.6 is 0 Å². The van der Waals surface area contributed by atoms with E-state index in [-0.39, 0.29) is 34.0 Å². The van der Waals surface area contributed by atoms with E-state index in [2.05, 4.69) is 10.3 Å². The van der Waals surface area contributed by atoms with Gasteiger partial charge in [0, 0.05) is 11.8 Å². The van der Waals surface area contributed by atoms with Crippen molar-refractivity contribution in [1.29, 1.82) is 0 Å². The fourth-order valence-electron chi connectivity index (χ4n) is 3.55. The molecule has 0 saturated carbocycles. The van der Waals surface area contributed by atoms with Crippen LogP contribution < -0.4 is 16.2 Å². The van der Waals surface area contributed by atoms with E-state index in [0.717, 1.165) is 18.2 Å². The molecule has 0 atom stereocenters. The number of anilines is 2. The van der Waals surface area contributed by atoms with E-state index >= 15 is 0 Å². The molecule has 1 aromatic heterocycles. The molecule has 0 aliphatic carbocycles. The molecular formula is C22H17F4N5O3S. The lowest BCUT2D eigenvalue weighted by Crippen LogP contribution is -2.14. The predicted octanol–water partition coefficient (Wildman–Crippen LogP) is 3.73. The molecule has 0 bridgehead atoms. The Balaban J connectivity index is 1.85. The topological polar surface area (TPSA) is 133 Å². The van der Waals surface area contributed by atoms with Gasteiger partial charge in [-0.15, -0.1) is 0 Å². The van der Waals surface area contributed by atoms with Crippen LogP contribution in [0.25, 0.3) is 11.0 Å². The number of alkyl halides is 3. The Bertz CT molecular complexity index is 1550. The van der Waals surface area contributed by atoms with Crippen molar-refractivity contribution in [3.8, 4) is 0 Å². The number of primary sulfonamides is 1. The first-order valence-electron chi connectivity index (χ1n) is 9.89. The van der Waals surface area contributed by atoms with Gasteiger partial charge in [0.2, 0.25) is 16.0 Å². The quantitative estimate of drug-likeness (QED) is 0.342. The Hall–Kier alpha value is -3.97. The number of hydrogen-bond acceptors (Lipinski definition) is 5. The monoisotopic (exact) mass is 507 g/mol. The zero-order valence-corrected chi connectivity index (χ0v) is 18.5. The molecular weight excluding hydrogens is 490 g/mol. The van der Waals surface area contributed by atoms with Gasteiger partial charge in [-0.3, -0.25) is 4.79 Å². The summed E-state index contributed by atoms with van der Waals surface area (Å²) in [6.07, 6.45) is -4.63. The van der Waals surface area contributed by atoms with Gasteiger partial charge in [-0.05, 0) is 42.0 Å². The normalized spacial score (nSPS) is 12.1. The van der Waals surface area contributed by atoms with E-state index in [4.69, 9.17) is 10.9 Å². The lowest BCUT2D eigenvalue weighted by molar-refractivity contribution is -0.138. The van der Waals surface area contributed by atoms with Crippen molar-refractivity contribution in [1.82, 2.24) is 9.55 Å². The molecule has 13 heteroatoms. The largest absolute Gasteiger partial charge is 0.416 e. The number of primary amides is 1. The highest BCUT2D eigenvalue weighted by atomic mass is 32.2. The van der Waals surface area contributed by atoms with E-state index in [9.17, 15) is 30.8 Å². The number of sulfonamides is 1. The minimum Gasteiger partial charge on any atom is -0.366 e. The summed E-state index contributed by atoms with van der Waals surface area (Å²) in [6, 6.07) is 12.2. The van der Waals surface area contributed by atoms with Crippen LogP contribution in [-0.2, 0) is 22.7 Å². The standard InChI is InChI=1S/C22H17F4N5O3S/c23-17-10-19-18(9-15(17)20(27)32)30-21(29-13-5-7-14(8-6-13)35(28,33)34)31(19)11-12-3-1-2-4-16(12)22(24,25)26/h1-10H,11H2,(H2,27,32)(H,29,30)(H2,28,33,34). The van der Waals surface area contributed by atoms with Gasteiger partial charge in [-0.2, -0.15) is 13.2 Å². The fourth-order valence-corrected chi connectivity index (χ4v) is 4.07. The summed E-state index contributed by atoms with van der Waals surface area (Å²) in [5.74, 6) is -1.98. The molecule has 35 heavy (non-hydrogen) atoms. The number of nitrogens with zero attached hydrogens (tertiary/aromatic N) is 2. The number of carbonyl (C=O) groups excluding carboxylic acids is 1. The first-order chi connectivity index (χ1) is 16.3. The second-order valence-electron chi connectivity index (χ2n) is 7.56. The van der Waals surface area contributed by atoms with Gasteiger partial charge in [0.1, 0.15) is 5.82 Å². The molecule has 182 valence electrons. The molecule has 0 saturated heterocycles. The van der Waals surface area contributed by atoms with Crippen molar-refractivity contribution in [3.05, 3.63) is 83.2 Å². The van der Waals surface area contributed by atoms with Crippen molar-refractivity contribution in [2.24, 2.45) is 10.9 Å². The van der Waals surface area contributed by atoms with E-state index < -0.39 is 39.1 Å². The zero-order chi connectivity index (χ0) is 25.5. The van der Waals surface area contributed by atoms with Crippen molar-refractivity contribution in [3.63, 3.8) is 0 Å². The third-order valence-corrected chi connectivity index (χ3v) is 6.12. The van der Waals surface area contributed by atoms with Crippen LogP contribution in [0.4, 0.5) is 29.2 Å². The molecule has 3 aromatic carbocycles. The number of aromatic nitrogens is 2. The Kier molecular flexibility index (Phi) is 5.99. The molecule has 0 radical (unpaired) electrons. The number of imidazole rings is 1. The summed E-state index contributed by atoms with van der Waals surface area (Å²) in [7, 11) is -3.94. The summed E-state index contributed by atoms with van der Waals surface area (Å²) < 4.78 is 79.5. The smallest absolute Gasteiger partial charge is 0.366 e. The maximum absolute atomic E-state index is 14.5. The van der Waals surface area contributed by atoms with Gasteiger partial charge in [0.25, 0.3) is 5.91 Å². The Morgan fingerprint density at radius 1 is 1.06 bits per heavy atom. The number of rotatable bonds is 6. The van der Waals surface area contributed by atoms with Gasteiger partial charge < -0.3 is 15.6 Å². The summed E-state index contributed by atoms with van der Waals surface area (Å²) in [4.78, 5) is 15.7. The van der Waals surface area contributed by atoms with Crippen LogP contribution in [0.5, 0.6) is 0 Å². The molecule has 4 rings (SSSR count). The lowest BCUT2D eigenvalue weighted by atomic mass is 10.1. The first-order valence-corrected chi connectivity index (χ1v) is 11.4. The van der Waals surface area contributed by atoms with Gasteiger partial charge in [-0.1, -0.05) is 18.2 Å². The second-order valence-corrected chi connectivity index (χ2v) is 9.12. The summed E-state index contributed by atoms with van der Waals surface area (Å²) in [5, 5.41) is 7.98. The molecule has 8 nitrogen and oxygen atoms in total. The molecule has 1 heterocycles. The van der Waals surface area contributed by atoms with Crippen molar-refractivity contribution in [2.45, 2.75) is 17.6 Å². The number of halogens is 4. The van der Waals surface area contributed by atoms with E-state index in [1.54, 1.807) is 0 Å². The highest BCUT2D eigenvalue weighted by molar-refractivity contribution is 7.89. The van der Waals surface area contributed by atoms with Gasteiger partial charge >= 0.3 is 6.18 Å². The number of benzene rings is 3. The minimum absolute atomic E-state index is 0.0151. The SMILES string of the molecule is NC(=O)c1cc2nc(Nc3ccc(S(N)(=O)=O)cc3)n(Cc3ccccc3C(F)(F)F)c2cc1F. The number of carbonyl (C=O) groups is 1. The van der Waals surface area contributed by atoms with Crippen LogP contribution in [0.1, 0.15) is 21.5 Å².